The number of hydrogen-bond acceptors (Lipinski definition) is 0. The van der Waals surface area contributed by atoms with Gasteiger partial charge in [0.05, 0.1) is 9.52 Å². The lowest BCUT2D eigenvalue weighted by Gasteiger charge is -2.05. The van der Waals surface area contributed by atoms with Crippen molar-refractivity contribution in [3.63, 3.8) is 0 Å². The lowest BCUT2D eigenvalue weighted by atomic mass is 10.1. The molecule has 1 aliphatic rings. The predicted octanol–water partition coefficient (Wildman–Crippen LogP) is 2.02. The summed E-state index contributed by atoms with van der Waals surface area (Å²) in [6.45, 7) is 0. The van der Waals surface area contributed by atoms with E-state index in [-0.39, 0.29) is 9.52 Å². The SMILES string of the molecule is c1ccc2c(c1)CCCCCC[SiH2]2. The maximum Gasteiger partial charge on any atom is 0.0551 e. The van der Waals surface area contributed by atoms with Gasteiger partial charge in [-0.05, 0) is 18.4 Å². The van der Waals surface area contributed by atoms with Crippen molar-refractivity contribution in [3.8, 4) is 0 Å². The fourth-order valence-electron chi connectivity index (χ4n) is 2.21. The zero-order valence-electron chi connectivity index (χ0n) is 8.26. The third-order valence-electron chi connectivity index (χ3n) is 3.01. The molecule has 0 nitrogen and oxygen atoms in total. The fourth-order valence-corrected chi connectivity index (χ4v) is 4.11. The van der Waals surface area contributed by atoms with Gasteiger partial charge in [0.15, 0.2) is 0 Å². The summed E-state index contributed by atoms with van der Waals surface area (Å²) in [6.07, 6.45) is 7.15. The van der Waals surface area contributed by atoms with E-state index in [0.717, 1.165) is 0 Å². The summed E-state index contributed by atoms with van der Waals surface area (Å²) in [4.78, 5) is 0. The van der Waals surface area contributed by atoms with Crippen molar-refractivity contribution in [2.75, 3.05) is 0 Å². The number of rotatable bonds is 0. The van der Waals surface area contributed by atoms with Gasteiger partial charge in [-0.25, -0.2) is 0 Å². The molecule has 0 saturated carbocycles. The number of aryl methyl sites for hydroxylation is 1. The van der Waals surface area contributed by atoms with Crippen LogP contribution in [0.3, 0.4) is 0 Å². The van der Waals surface area contributed by atoms with Crippen LogP contribution < -0.4 is 5.19 Å². The van der Waals surface area contributed by atoms with Crippen LogP contribution in [-0.2, 0) is 6.42 Å². The number of fused-ring (bicyclic) bond motifs is 1. The number of benzene rings is 1. The monoisotopic (exact) mass is 190 g/mol. The highest BCUT2D eigenvalue weighted by atomic mass is 28.2. The van der Waals surface area contributed by atoms with Gasteiger partial charge in [0.1, 0.15) is 0 Å². The first kappa shape index (κ1) is 9.01. The molecule has 0 atom stereocenters. The highest BCUT2D eigenvalue weighted by Gasteiger charge is 2.04. The van der Waals surface area contributed by atoms with Crippen molar-refractivity contribution in [3.05, 3.63) is 29.8 Å². The Bertz CT molecular complexity index is 241. The third-order valence-corrected chi connectivity index (χ3v) is 5.09. The molecular formula is C12H18Si. The van der Waals surface area contributed by atoms with Gasteiger partial charge >= 0.3 is 0 Å². The van der Waals surface area contributed by atoms with Gasteiger partial charge in [-0.3, -0.25) is 0 Å². The van der Waals surface area contributed by atoms with Crippen LogP contribution in [-0.4, -0.2) is 9.52 Å². The minimum Gasteiger partial charge on any atom is -0.0638 e. The van der Waals surface area contributed by atoms with E-state index < -0.39 is 0 Å². The Morgan fingerprint density at radius 3 is 2.77 bits per heavy atom. The largest absolute Gasteiger partial charge is 0.0638 e. The molecule has 0 unspecified atom stereocenters. The summed E-state index contributed by atoms with van der Waals surface area (Å²) in [6, 6.07) is 10.6. The maximum atomic E-state index is 2.37. The van der Waals surface area contributed by atoms with Crippen LogP contribution in [0.1, 0.15) is 31.2 Å². The van der Waals surface area contributed by atoms with Crippen LogP contribution in [0.25, 0.3) is 0 Å². The van der Waals surface area contributed by atoms with Crippen molar-refractivity contribution in [2.45, 2.75) is 38.1 Å². The van der Waals surface area contributed by atoms with E-state index in [1.807, 2.05) is 0 Å². The highest BCUT2D eigenvalue weighted by Crippen LogP contribution is 2.10. The molecule has 1 aromatic rings. The molecule has 0 amide bonds. The lowest BCUT2D eigenvalue weighted by Crippen LogP contribution is -2.18. The molecule has 0 fully saturated rings. The molecule has 0 spiro atoms. The molecule has 13 heavy (non-hydrogen) atoms. The van der Waals surface area contributed by atoms with Crippen LogP contribution >= 0.6 is 0 Å². The summed E-state index contributed by atoms with van der Waals surface area (Å²) < 4.78 is 0. The third kappa shape index (κ3) is 2.44. The minimum absolute atomic E-state index is 0.0777. The first-order valence-electron chi connectivity index (χ1n) is 5.53. The average Bonchev–Trinajstić information content (AvgIpc) is 2.28. The molecular weight excluding hydrogens is 172 g/mol. The smallest absolute Gasteiger partial charge is 0.0551 e. The molecule has 0 saturated heterocycles. The maximum absolute atomic E-state index is 2.37. The van der Waals surface area contributed by atoms with Crippen molar-refractivity contribution in [1.82, 2.24) is 0 Å². The van der Waals surface area contributed by atoms with Crippen LogP contribution in [0.4, 0.5) is 0 Å². The predicted molar refractivity (Wildman–Crippen MR) is 61.6 cm³/mol. The van der Waals surface area contributed by atoms with Gasteiger partial charge in [0.25, 0.3) is 0 Å². The van der Waals surface area contributed by atoms with E-state index in [1.54, 1.807) is 10.8 Å². The van der Waals surface area contributed by atoms with E-state index in [0.29, 0.717) is 0 Å². The lowest BCUT2D eigenvalue weighted by molar-refractivity contribution is 0.670. The van der Waals surface area contributed by atoms with Gasteiger partial charge in [-0.2, -0.15) is 0 Å². The van der Waals surface area contributed by atoms with E-state index >= 15 is 0 Å². The molecule has 1 heterocycles. The zero-order chi connectivity index (χ0) is 8.93. The van der Waals surface area contributed by atoms with Crippen LogP contribution in [0, 0.1) is 0 Å². The molecule has 1 aromatic carbocycles. The minimum atomic E-state index is 0.0777. The Labute approximate surface area is 83.2 Å². The molecule has 0 bridgehead atoms. The van der Waals surface area contributed by atoms with Gasteiger partial charge in [0.2, 0.25) is 0 Å². The second-order valence-electron chi connectivity index (χ2n) is 4.04. The van der Waals surface area contributed by atoms with Crippen LogP contribution in [0.5, 0.6) is 0 Å². The summed E-state index contributed by atoms with van der Waals surface area (Å²) in [5.41, 5.74) is 1.66. The zero-order valence-corrected chi connectivity index (χ0v) is 9.67. The Balaban J connectivity index is 2.17. The first-order valence-corrected chi connectivity index (χ1v) is 7.24. The first-order chi connectivity index (χ1) is 6.47. The number of hydrogen-bond donors (Lipinski definition) is 0. The highest BCUT2D eigenvalue weighted by molar-refractivity contribution is 6.54. The van der Waals surface area contributed by atoms with Crippen molar-refractivity contribution >= 4 is 14.7 Å². The van der Waals surface area contributed by atoms with Crippen molar-refractivity contribution in [1.29, 1.82) is 0 Å². The molecule has 0 aromatic heterocycles. The topological polar surface area (TPSA) is 0 Å². The van der Waals surface area contributed by atoms with Gasteiger partial charge in [-0.1, -0.05) is 54.8 Å². The normalized spacial score (nSPS) is 20.0. The molecule has 1 aliphatic heterocycles. The van der Waals surface area contributed by atoms with Crippen molar-refractivity contribution < 1.29 is 0 Å². The Morgan fingerprint density at radius 1 is 0.923 bits per heavy atom. The summed E-state index contributed by atoms with van der Waals surface area (Å²) in [5, 5.41) is 1.74. The standard InChI is InChI=1S/C12H18Si/c1-2-6-10-13-12-9-5-4-8-11(12)7-3-1/h4-5,8-9H,1-3,6-7,10,13H2. The van der Waals surface area contributed by atoms with E-state index in [9.17, 15) is 0 Å². The quantitative estimate of drug-likeness (QED) is 0.549. The van der Waals surface area contributed by atoms with Crippen molar-refractivity contribution in [2.24, 2.45) is 0 Å². The summed E-state index contributed by atoms with van der Waals surface area (Å²) in [5.74, 6) is 0. The van der Waals surface area contributed by atoms with Crippen LogP contribution in [0.2, 0.25) is 6.04 Å². The summed E-state index contributed by atoms with van der Waals surface area (Å²) >= 11 is 0. The molecule has 0 N–H and O–H groups in total. The van der Waals surface area contributed by atoms with E-state index in [4.69, 9.17) is 0 Å². The second kappa shape index (κ2) is 4.61. The Hall–Kier alpha value is -0.563. The van der Waals surface area contributed by atoms with Gasteiger partial charge in [-0.15, -0.1) is 0 Å². The summed E-state index contributed by atoms with van der Waals surface area (Å²) in [7, 11) is 0.0777. The molecule has 1 heteroatoms. The van der Waals surface area contributed by atoms with Crippen LogP contribution in [0.15, 0.2) is 24.3 Å². The Morgan fingerprint density at radius 2 is 1.77 bits per heavy atom. The molecule has 0 aliphatic carbocycles. The van der Waals surface area contributed by atoms with Gasteiger partial charge < -0.3 is 0 Å². The average molecular weight is 190 g/mol. The second-order valence-corrected chi connectivity index (χ2v) is 6.01. The molecule has 70 valence electrons. The molecule has 2 rings (SSSR count). The van der Waals surface area contributed by atoms with E-state index in [1.165, 1.54) is 38.1 Å². The Kier molecular flexibility index (Phi) is 3.20. The fraction of sp³-hybridized carbons (Fsp3) is 0.500. The van der Waals surface area contributed by atoms with Gasteiger partial charge in [0, 0.05) is 0 Å². The molecule has 0 radical (unpaired) electrons. The van der Waals surface area contributed by atoms with E-state index in [2.05, 4.69) is 24.3 Å².